The van der Waals surface area contributed by atoms with Gasteiger partial charge in [-0.15, -0.1) is 0 Å². The first-order valence-corrected chi connectivity index (χ1v) is 6.21. The summed E-state index contributed by atoms with van der Waals surface area (Å²) in [7, 11) is 0. The number of nitrogens with zero attached hydrogens (tertiary/aromatic N) is 1. The van der Waals surface area contributed by atoms with E-state index < -0.39 is 0 Å². The monoisotopic (exact) mass is 270 g/mol. The van der Waals surface area contributed by atoms with Crippen molar-refractivity contribution in [3.8, 4) is 0 Å². The zero-order chi connectivity index (χ0) is 11.4. The van der Waals surface area contributed by atoms with Crippen LogP contribution in [0.3, 0.4) is 0 Å². The summed E-state index contributed by atoms with van der Waals surface area (Å²) in [6.45, 7) is 7.64. The summed E-state index contributed by atoms with van der Waals surface area (Å²) < 4.78 is 1.07. The largest absolute Gasteiger partial charge is 0.399 e. The standard InChI is InChI=1S/C12H19BrN2/c1-4-9(3)15(5-2)12-7-6-10(14)8-11(12)13/h6-9H,4-5,14H2,1-3H3. The Morgan fingerprint density at radius 3 is 2.53 bits per heavy atom. The minimum atomic E-state index is 0.551. The van der Waals surface area contributed by atoms with Gasteiger partial charge in [0.2, 0.25) is 0 Å². The second kappa shape index (κ2) is 5.40. The molecule has 0 saturated heterocycles. The molecule has 0 spiro atoms. The molecule has 1 aromatic carbocycles. The van der Waals surface area contributed by atoms with Gasteiger partial charge in [0.1, 0.15) is 0 Å². The second-order valence-electron chi connectivity index (χ2n) is 3.75. The van der Waals surface area contributed by atoms with E-state index in [-0.39, 0.29) is 0 Å². The van der Waals surface area contributed by atoms with Crippen molar-refractivity contribution in [1.82, 2.24) is 0 Å². The summed E-state index contributed by atoms with van der Waals surface area (Å²) in [5, 5.41) is 0. The van der Waals surface area contributed by atoms with E-state index in [1.54, 1.807) is 0 Å². The second-order valence-corrected chi connectivity index (χ2v) is 4.61. The maximum absolute atomic E-state index is 5.73. The van der Waals surface area contributed by atoms with Gasteiger partial charge in [0.05, 0.1) is 5.69 Å². The lowest BCUT2D eigenvalue weighted by atomic mass is 10.2. The van der Waals surface area contributed by atoms with Crippen LogP contribution in [-0.2, 0) is 0 Å². The molecule has 1 aromatic rings. The van der Waals surface area contributed by atoms with Crippen molar-refractivity contribution in [2.75, 3.05) is 17.2 Å². The quantitative estimate of drug-likeness (QED) is 0.847. The first-order valence-electron chi connectivity index (χ1n) is 5.41. The Balaban J connectivity index is 3.01. The Kier molecular flexibility index (Phi) is 4.45. The van der Waals surface area contributed by atoms with Crippen LogP contribution in [0.25, 0.3) is 0 Å². The lowest BCUT2D eigenvalue weighted by molar-refractivity contribution is 0.629. The zero-order valence-electron chi connectivity index (χ0n) is 9.63. The van der Waals surface area contributed by atoms with Crippen LogP contribution in [0.2, 0.25) is 0 Å². The molecule has 0 aliphatic rings. The summed E-state index contributed by atoms with van der Waals surface area (Å²) >= 11 is 3.56. The molecule has 0 heterocycles. The first-order chi connectivity index (χ1) is 7.10. The minimum Gasteiger partial charge on any atom is -0.399 e. The van der Waals surface area contributed by atoms with Crippen LogP contribution in [0, 0.1) is 0 Å². The number of halogens is 1. The number of nitrogen functional groups attached to an aromatic ring is 1. The first kappa shape index (κ1) is 12.4. The highest BCUT2D eigenvalue weighted by Crippen LogP contribution is 2.29. The number of anilines is 2. The number of nitrogens with two attached hydrogens (primary N) is 1. The van der Waals surface area contributed by atoms with Crippen molar-refractivity contribution >= 4 is 27.3 Å². The van der Waals surface area contributed by atoms with E-state index in [1.807, 2.05) is 12.1 Å². The molecule has 0 bridgehead atoms. The van der Waals surface area contributed by atoms with Gasteiger partial charge in [0, 0.05) is 22.7 Å². The highest BCUT2D eigenvalue weighted by molar-refractivity contribution is 9.10. The molecule has 0 fully saturated rings. The predicted octanol–water partition coefficient (Wildman–Crippen LogP) is 3.66. The van der Waals surface area contributed by atoms with Crippen LogP contribution in [-0.4, -0.2) is 12.6 Å². The van der Waals surface area contributed by atoms with Crippen LogP contribution in [0.15, 0.2) is 22.7 Å². The van der Waals surface area contributed by atoms with Gasteiger partial charge >= 0.3 is 0 Å². The molecule has 0 saturated carbocycles. The zero-order valence-corrected chi connectivity index (χ0v) is 11.2. The predicted molar refractivity (Wildman–Crippen MR) is 71.3 cm³/mol. The van der Waals surface area contributed by atoms with Crippen molar-refractivity contribution in [1.29, 1.82) is 0 Å². The summed E-state index contributed by atoms with van der Waals surface area (Å²) in [6.07, 6.45) is 1.14. The highest BCUT2D eigenvalue weighted by Gasteiger charge is 2.13. The molecule has 0 radical (unpaired) electrons. The molecule has 2 nitrogen and oxygen atoms in total. The molecule has 0 aliphatic heterocycles. The van der Waals surface area contributed by atoms with Gasteiger partial charge in [0.15, 0.2) is 0 Å². The molecule has 1 rings (SSSR count). The lowest BCUT2D eigenvalue weighted by Crippen LogP contribution is -2.32. The SMILES string of the molecule is CCC(C)N(CC)c1ccc(N)cc1Br. The van der Waals surface area contributed by atoms with Crippen molar-refractivity contribution in [2.24, 2.45) is 0 Å². The van der Waals surface area contributed by atoms with Crippen molar-refractivity contribution in [2.45, 2.75) is 33.2 Å². The van der Waals surface area contributed by atoms with Gasteiger partial charge in [0.25, 0.3) is 0 Å². The van der Waals surface area contributed by atoms with Gasteiger partial charge in [-0.2, -0.15) is 0 Å². The molecule has 0 aromatic heterocycles. The van der Waals surface area contributed by atoms with Crippen LogP contribution < -0.4 is 10.6 Å². The molecule has 84 valence electrons. The third kappa shape index (κ3) is 2.88. The van der Waals surface area contributed by atoms with Gasteiger partial charge in [-0.1, -0.05) is 6.92 Å². The minimum absolute atomic E-state index is 0.551. The Labute approximate surface area is 101 Å². The molecule has 0 aliphatic carbocycles. The van der Waals surface area contributed by atoms with Gasteiger partial charge in [-0.3, -0.25) is 0 Å². The van der Waals surface area contributed by atoms with E-state index in [1.165, 1.54) is 5.69 Å². The molecular weight excluding hydrogens is 252 g/mol. The van der Waals surface area contributed by atoms with E-state index in [2.05, 4.69) is 47.7 Å². The van der Waals surface area contributed by atoms with E-state index >= 15 is 0 Å². The number of hydrogen-bond acceptors (Lipinski definition) is 2. The van der Waals surface area contributed by atoms with Crippen LogP contribution in [0.4, 0.5) is 11.4 Å². The van der Waals surface area contributed by atoms with Crippen LogP contribution in [0.1, 0.15) is 27.2 Å². The molecule has 1 unspecified atom stereocenters. The van der Waals surface area contributed by atoms with Crippen molar-refractivity contribution < 1.29 is 0 Å². The number of rotatable bonds is 4. The van der Waals surface area contributed by atoms with Crippen LogP contribution in [0.5, 0.6) is 0 Å². The summed E-state index contributed by atoms with van der Waals surface area (Å²) in [5.41, 5.74) is 7.75. The molecule has 15 heavy (non-hydrogen) atoms. The van der Waals surface area contributed by atoms with Crippen molar-refractivity contribution in [3.63, 3.8) is 0 Å². The third-order valence-electron chi connectivity index (χ3n) is 2.74. The average molecular weight is 271 g/mol. The molecule has 2 N–H and O–H groups in total. The van der Waals surface area contributed by atoms with E-state index in [9.17, 15) is 0 Å². The van der Waals surface area contributed by atoms with Crippen molar-refractivity contribution in [3.05, 3.63) is 22.7 Å². The molecule has 0 amide bonds. The topological polar surface area (TPSA) is 29.3 Å². The Hall–Kier alpha value is -0.700. The average Bonchev–Trinajstić information content (AvgIpc) is 2.21. The molecule has 1 atom stereocenters. The maximum Gasteiger partial charge on any atom is 0.0514 e. The Bertz CT molecular complexity index is 325. The fourth-order valence-corrected chi connectivity index (χ4v) is 2.32. The van der Waals surface area contributed by atoms with Gasteiger partial charge in [-0.05, 0) is 54.4 Å². The Morgan fingerprint density at radius 2 is 2.07 bits per heavy atom. The summed E-state index contributed by atoms with van der Waals surface area (Å²) in [6, 6.07) is 6.54. The van der Waals surface area contributed by atoms with Gasteiger partial charge in [-0.25, -0.2) is 0 Å². The lowest BCUT2D eigenvalue weighted by Gasteiger charge is -2.30. The van der Waals surface area contributed by atoms with E-state index in [4.69, 9.17) is 5.73 Å². The number of hydrogen-bond donors (Lipinski definition) is 1. The van der Waals surface area contributed by atoms with Gasteiger partial charge < -0.3 is 10.6 Å². The third-order valence-corrected chi connectivity index (χ3v) is 3.38. The van der Waals surface area contributed by atoms with Crippen LogP contribution >= 0.6 is 15.9 Å². The highest BCUT2D eigenvalue weighted by atomic mass is 79.9. The molecular formula is C12H19BrN2. The van der Waals surface area contributed by atoms with E-state index in [0.29, 0.717) is 6.04 Å². The maximum atomic E-state index is 5.73. The number of benzene rings is 1. The summed E-state index contributed by atoms with van der Waals surface area (Å²) in [5.74, 6) is 0. The Morgan fingerprint density at radius 1 is 1.40 bits per heavy atom. The smallest absolute Gasteiger partial charge is 0.0514 e. The summed E-state index contributed by atoms with van der Waals surface area (Å²) in [4.78, 5) is 2.38. The van der Waals surface area contributed by atoms with E-state index in [0.717, 1.165) is 23.1 Å². The fraction of sp³-hybridized carbons (Fsp3) is 0.500. The normalized spacial score (nSPS) is 12.5. The molecule has 3 heteroatoms. The fourth-order valence-electron chi connectivity index (χ4n) is 1.70.